The maximum absolute atomic E-state index is 12.1. The number of benzene rings is 6. The van der Waals surface area contributed by atoms with Crippen molar-refractivity contribution >= 4 is 45.0 Å². The maximum Gasteiger partial charge on any atom is 0.222 e. The SMILES string of the molecule is CC(=O)Nc1cccc(-c2cc3ccc4c(c3cc2OCc2ccccc2)-c2c(ccc3cc(-c5cccc(NC(C)=O)n5)c(OCc5ccccc5)cc23)OCC[N+](C)(C)CCO4)n1.[I-]. The zero-order valence-electron chi connectivity index (χ0n) is 37.3. The van der Waals surface area contributed by atoms with Gasteiger partial charge in [-0.1, -0.05) is 84.9 Å². The third-order valence-electron chi connectivity index (χ3n) is 11.5. The monoisotopic (exact) mass is 991 g/mol. The number of hydrogen-bond acceptors (Lipinski definition) is 8. The van der Waals surface area contributed by atoms with Crippen molar-refractivity contribution in [2.45, 2.75) is 27.1 Å². The molecule has 66 heavy (non-hydrogen) atoms. The van der Waals surface area contributed by atoms with Crippen molar-refractivity contribution in [1.29, 1.82) is 0 Å². The Labute approximate surface area is 401 Å². The fourth-order valence-corrected chi connectivity index (χ4v) is 8.12. The van der Waals surface area contributed by atoms with Crippen molar-refractivity contribution in [3.8, 4) is 56.6 Å². The van der Waals surface area contributed by atoms with E-state index in [4.69, 9.17) is 28.9 Å². The third-order valence-corrected chi connectivity index (χ3v) is 11.5. The summed E-state index contributed by atoms with van der Waals surface area (Å²) in [7, 11) is 4.37. The molecule has 0 saturated heterocycles. The largest absolute Gasteiger partial charge is 1.00 e. The molecule has 0 atom stereocenters. The van der Waals surface area contributed by atoms with Gasteiger partial charge in [0, 0.05) is 36.1 Å². The second-order valence-electron chi connectivity index (χ2n) is 16.8. The van der Waals surface area contributed by atoms with Gasteiger partial charge in [0.2, 0.25) is 11.8 Å². The van der Waals surface area contributed by atoms with Crippen LogP contribution in [0.1, 0.15) is 25.0 Å². The summed E-state index contributed by atoms with van der Waals surface area (Å²) in [5.74, 6) is 3.09. The van der Waals surface area contributed by atoms with E-state index in [1.54, 1.807) is 12.1 Å². The molecule has 2 amide bonds. The van der Waals surface area contributed by atoms with Crippen molar-refractivity contribution in [2.24, 2.45) is 0 Å². The summed E-state index contributed by atoms with van der Waals surface area (Å²) in [5, 5.41) is 9.27. The second kappa shape index (κ2) is 20.0. The molecule has 0 unspecified atom stereocenters. The van der Waals surface area contributed by atoms with E-state index in [-0.39, 0.29) is 35.8 Å². The number of fused-ring (bicyclic) bond motifs is 7. The number of aromatic nitrogens is 2. The first-order chi connectivity index (χ1) is 31.6. The first kappa shape index (κ1) is 45.5. The van der Waals surface area contributed by atoms with Crippen LogP contribution < -0.4 is 53.6 Å². The lowest BCUT2D eigenvalue weighted by Gasteiger charge is -2.29. The Morgan fingerprint density at radius 1 is 0.561 bits per heavy atom. The minimum absolute atomic E-state index is 0. The minimum atomic E-state index is -0.208. The van der Waals surface area contributed by atoms with Crippen molar-refractivity contribution in [3.63, 3.8) is 0 Å². The first-order valence-corrected chi connectivity index (χ1v) is 21.7. The molecule has 0 bridgehead atoms. The number of halogens is 1. The lowest BCUT2D eigenvalue weighted by atomic mass is 9.90. The lowest BCUT2D eigenvalue weighted by Crippen LogP contribution is -3.00. The molecule has 11 nitrogen and oxygen atoms in total. The van der Waals surface area contributed by atoms with E-state index < -0.39 is 0 Å². The van der Waals surface area contributed by atoms with Gasteiger partial charge in [-0.15, -0.1) is 0 Å². The quantitative estimate of drug-likeness (QED) is 0.106. The normalized spacial score (nSPS) is 13.1. The molecule has 1 aliphatic rings. The molecular formula is C54H50IN5O6. The smallest absolute Gasteiger partial charge is 0.222 e. The predicted molar refractivity (Wildman–Crippen MR) is 256 cm³/mol. The van der Waals surface area contributed by atoms with Gasteiger partial charge in [0.1, 0.15) is 74.2 Å². The van der Waals surface area contributed by atoms with Gasteiger partial charge in [-0.2, -0.15) is 0 Å². The number of anilines is 2. The molecule has 9 rings (SSSR count). The summed E-state index contributed by atoms with van der Waals surface area (Å²) in [4.78, 5) is 33.9. The van der Waals surface area contributed by atoms with Crippen LogP contribution in [0.2, 0.25) is 0 Å². The van der Waals surface area contributed by atoms with Gasteiger partial charge in [0.25, 0.3) is 0 Å². The number of hydrogen-bond donors (Lipinski definition) is 2. The fraction of sp³-hybridized carbons (Fsp3) is 0.185. The predicted octanol–water partition coefficient (Wildman–Crippen LogP) is 7.71. The summed E-state index contributed by atoms with van der Waals surface area (Å²) in [6.07, 6.45) is 0. The van der Waals surface area contributed by atoms with Crippen molar-refractivity contribution < 1.29 is 57.0 Å². The molecule has 2 aromatic heterocycles. The molecule has 0 saturated carbocycles. The number of ether oxygens (including phenoxy) is 4. The highest BCUT2D eigenvalue weighted by molar-refractivity contribution is 6.12. The topological polar surface area (TPSA) is 121 Å². The Balaban J connectivity index is 0.00000592. The van der Waals surface area contributed by atoms with Crippen LogP contribution in [0.15, 0.2) is 146 Å². The highest BCUT2D eigenvalue weighted by Gasteiger charge is 2.26. The molecule has 0 aliphatic carbocycles. The third kappa shape index (κ3) is 10.4. The number of rotatable bonds is 10. The molecule has 2 N–H and O–H groups in total. The summed E-state index contributed by atoms with van der Waals surface area (Å²) in [6.45, 7) is 6.05. The fourth-order valence-electron chi connectivity index (χ4n) is 8.12. The van der Waals surface area contributed by atoms with Crippen molar-refractivity contribution in [2.75, 3.05) is 51.0 Å². The second-order valence-corrected chi connectivity index (χ2v) is 16.8. The standard InChI is InChI=1S/C54H49N5O6.HI/c1-35(60)55-51-19-11-17-45(57-51)43-29-39-21-23-47-53(41(39)31-49(43)64-33-37-13-7-5-8-14-37)54-42-32-50(65-34-38-15-9-6-10-16-38)44(46-18-12-20-52(58-46)56-36(2)61)30-40(42)22-24-48(54)63-28-26-59(3,4)25-27-62-47;/h5-24,29-32H,25-28,33-34H2,1-4H3,(H-,55,56,57,58,60,61);1H. The van der Waals surface area contributed by atoms with E-state index in [0.29, 0.717) is 76.9 Å². The van der Waals surface area contributed by atoms with E-state index in [1.807, 2.05) is 97.1 Å². The average Bonchev–Trinajstić information content (AvgIpc) is 3.32. The zero-order valence-corrected chi connectivity index (χ0v) is 39.4. The molecule has 1 aliphatic heterocycles. The van der Waals surface area contributed by atoms with Crippen LogP contribution in [0.5, 0.6) is 23.0 Å². The Morgan fingerprint density at radius 3 is 1.39 bits per heavy atom. The van der Waals surface area contributed by atoms with Crippen LogP contribution in [-0.4, -0.2) is 66.7 Å². The number of carbonyl (C=O) groups is 2. The van der Waals surface area contributed by atoms with Gasteiger partial charge in [-0.05, 0) is 93.3 Å². The molecule has 0 fully saturated rings. The number of pyridine rings is 2. The highest BCUT2D eigenvalue weighted by Crippen LogP contribution is 2.49. The van der Waals surface area contributed by atoms with Crippen molar-refractivity contribution in [1.82, 2.24) is 9.97 Å². The van der Waals surface area contributed by atoms with Gasteiger partial charge in [-0.3, -0.25) is 9.59 Å². The van der Waals surface area contributed by atoms with Gasteiger partial charge in [-0.25, -0.2) is 9.97 Å². The van der Waals surface area contributed by atoms with E-state index in [0.717, 1.165) is 68.0 Å². The summed E-state index contributed by atoms with van der Waals surface area (Å²) in [6, 6.07) is 47.7. The average molecular weight is 992 g/mol. The van der Waals surface area contributed by atoms with Crippen molar-refractivity contribution in [3.05, 3.63) is 157 Å². The van der Waals surface area contributed by atoms with Crippen LogP contribution in [0.3, 0.4) is 0 Å². The number of amides is 2. The number of nitrogens with one attached hydrogen (secondary N) is 2. The van der Waals surface area contributed by atoms with Gasteiger partial charge < -0.3 is 58.0 Å². The molecule has 3 heterocycles. The van der Waals surface area contributed by atoms with Gasteiger partial charge >= 0.3 is 0 Å². The maximum atomic E-state index is 12.1. The van der Waals surface area contributed by atoms with Gasteiger partial charge in [0.05, 0.1) is 25.5 Å². The Hall–Kier alpha value is -7.03. The highest BCUT2D eigenvalue weighted by atomic mass is 127. The number of nitrogens with zero attached hydrogens (tertiary/aromatic N) is 3. The Kier molecular flexibility index (Phi) is 13.8. The number of carbonyl (C=O) groups excluding carboxylic acids is 2. The molecular weight excluding hydrogens is 942 g/mol. The number of likely N-dealkylation sites (N-methyl/N-ethyl adjacent to an activating group) is 1. The van der Waals surface area contributed by atoms with E-state index in [9.17, 15) is 9.59 Å². The first-order valence-electron chi connectivity index (χ1n) is 21.7. The van der Waals surface area contributed by atoms with E-state index >= 15 is 0 Å². The van der Waals surface area contributed by atoms with Crippen LogP contribution in [0, 0.1) is 0 Å². The summed E-state index contributed by atoms with van der Waals surface area (Å²) >= 11 is 0. The molecule has 334 valence electrons. The van der Waals surface area contributed by atoms with Crippen LogP contribution >= 0.6 is 0 Å². The summed E-state index contributed by atoms with van der Waals surface area (Å²) in [5.41, 5.74) is 6.53. The minimum Gasteiger partial charge on any atom is -1.00 e. The zero-order chi connectivity index (χ0) is 44.9. The van der Waals surface area contributed by atoms with Crippen LogP contribution in [-0.2, 0) is 22.8 Å². The number of quaternary nitrogens is 1. The van der Waals surface area contributed by atoms with Crippen LogP contribution in [0.25, 0.3) is 55.2 Å². The molecule has 0 spiro atoms. The molecule has 8 aromatic rings. The van der Waals surface area contributed by atoms with E-state index in [2.05, 4.69) is 61.1 Å². The van der Waals surface area contributed by atoms with Gasteiger partial charge in [0.15, 0.2) is 0 Å². The van der Waals surface area contributed by atoms with Crippen LogP contribution in [0.4, 0.5) is 11.6 Å². The molecule has 12 heteroatoms. The molecule has 6 aromatic carbocycles. The Bertz CT molecular complexity index is 2850. The lowest BCUT2D eigenvalue weighted by molar-refractivity contribution is -0.890. The Morgan fingerprint density at radius 2 is 0.985 bits per heavy atom. The summed E-state index contributed by atoms with van der Waals surface area (Å²) < 4.78 is 27.9. The molecule has 0 radical (unpaired) electrons. The van der Waals surface area contributed by atoms with E-state index in [1.165, 1.54) is 13.8 Å².